The van der Waals surface area contributed by atoms with Gasteiger partial charge in [0.15, 0.2) is 0 Å². The summed E-state index contributed by atoms with van der Waals surface area (Å²) in [5.41, 5.74) is 0. The average Bonchev–Trinajstić information content (AvgIpc) is 1.82. The van der Waals surface area contributed by atoms with Gasteiger partial charge in [0, 0.05) is 0 Å². The number of carboxylic acid groups (broad SMARTS) is 4. The van der Waals surface area contributed by atoms with E-state index in [4.69, 9.17) is 20.4 Å². The van der Waals surface area contributed by atoms with Crippen molar-refractivity contribution in [2.75, 3.05) is 0 Å². The van der Waals surface area contributed by atoms with Crippen LogP contribution in [-0.2, 0) is 14.8 Å². The molecule has 0 aliphatic rings. The molecule has 0 amide bonds. The van der Waals surface area contributed by atoms with Crippen LogP contribution in [0.25, 0.3) is 0 Å². The van der Waals surface area contributed by atoms with Crippen molar-refractivity contribution in [1.29, 1.82) is 0 Å². The molecule has 8 nitrogen and oxygen atoms in total. The minimum absolute atomic E-state index is 2.30. The molecule has 0 bridgehead atoms. The molecule has 4 N–H and O–H groups in total. The molecule has 0 aromatic carbocycles. The molecule has 0 saturated carbocycles. The van der Waals surface area contributed by atoms with Gasteiger partial charge in [0.1, 0.15) is 0 Å². The van der Waals surface area contributed by atoms with E-state index in [0.29, 0.717) is 0 Å². The molecule has 13 heavy (non-hydrogen) atoms. The van der Waals surface area contributed by atoms with E-state index in [1.165, 1.54) is 0 Å². The first kappa shape index (κ1) is 11.5. The Balaban J connectivity index is 5.60. The van der Waals surface area contributed by atoms with Gasteiger partial charge in [-0.15, -0.1) is 0 Å². The van der Waals surface area contributed by atoms with Crippen LogP contribution in [0.15, 0.2) is 0 Å². The van der Waals surface area contributed by atoms with E-state index >= 15 is 0 Å². The zero-order valence-electron chi connectivity index (χ0n) is 5.76. The van der Waals surface area contributed by atoms with Crippen LogP contribution in [0, 0.1) is 0 Å². The van der Waals surface area contributed by atoms with Crippen LogP contribution in [0.1, 0.15) is 0 Å². The van der Waals surface area contributed by atoms with Gasteiger partial charge in [-0.3, -0.25) is 0 Å². The second kappa shape index (κ2) is 3.48. The predicted molar refractivity (Wildman–Crippen MR) is 32.1 cm³/mol. The summed E-state index contributed by atoms with van der Waals surface area (Å²) < 4.78 is -9.19. The molecule has 0 aromatic rings. The van der Waals surface area contributed by atoms with Crippen molar-refractivity contribution in [3.63, 3.8) is 0 Å². The fourth-order valence-electron chi connectivity index (χ4n) is 0.366. The Labute approximate surface area is 73.2 Å². The molecular weight excluding hydrogens is 279 g/mol. The Bertz CT molecular complexity index is 231. The Morgan fingerprint density at radius 1 is 0.615 bits per heavy atom. The van der Waals surface area contributed by atoms with Crippen molar-refractivity contribution in [1.82, 2.24) is 0 Å². The molecule has 0 spiro atoms. The van der Waals surface area contributed by atoms with Crippen LogP contribution in [0.2, 0.25) is 0 Å². The minimum atomic E-state index is -5.68. The third kappa shape index (κ3) is 1.50. The van der Waals surface area contributed by atoms with Crippen LogP contribution >= 0.6 is 0 Å². The molecular formula is C4H4O8Rh. The standard InChI is InChI=1S/4CHO2.Rh/c4*2-1-3;/h4*(H,2,3);. The topological polar surface area (TPSA) is 149 Å². The molecule has 9 heteroatoms. The molecule has 0 saturated heterocycles. The van der Waals surface area contributed by atoms with Crippen LogP contribution in [0.4, 0.5) is 19.2 Å². The maximum absolute atomic E-state index is 10.3. The summed E-state index contributed by atoms with van der Waals surface area (Å²) in [6, 6.07) is 0. The molecule has 0 atom stereocenters. The first-order chi connectivity index (χ1) is 5.77. The summed E-state index contributed by atoms with van der Waals surface area (Å²) >= 11 is -5.68. The zero-order chi connectivity index (χ0) is 10.8. The SMILES string of the molecule is O=[C](O)[Rh]([C](=O)O)([C](=O)O)[C](=O)O. The van der Waals surface area contributed by atoms with Crippen molar-refractivity contribution in [2.24, 2.45) is 0 Å². The van der Waals surface area contributed by atoms with Crippen molar-refractivity contribution < 1.29 is 54.4 Å². The van der Waals surface area contributed by atoms with Gasteiger partial charge in [0.05, 0.1) is 0 Å². The normalized spacial score (nSPS) is 11.7. The van der Waals surface area contributed by atoms with Crippen molar-refractivity contribution in [2.45, 2.75) is 0 Å². The third-order valence-corrected chi connectivity index (χ3v) is 5.06. The second-order valence-electron chi connectivity index (χ2n) is 1.44. The molecule has 0 aliphatic carbocycles. The first-order valence-electron chi connectivity index (χ1n) is 2.38. The molecule has 0 aliphatic heterocycles. The predicted octanol–water partition coefficient (Wildman–Crippen LogP) is 0.852. The van der Waals surface area contributed by atoms with E-state index < -0.39 is 33.0 Å². The van der Waals surface area contributed by atoms with Gasteiger partial charge in [-0.25, -0.2) is 0 Å². The number of carbonyl (C=O) groups is 4. The molecule has 0 radical (unpaired) electrons. The van der Waals surface area contributed by atoms with Gasteiger partial charge < -0.3 is 0 Å². The molecule has 0 unspecified atom stereocenters. The second-order valence-corrected chi connectivity index (χ2v) is 6.70. The van der Waals surface area contributed by atoms with Gasteiger partial charge >= 0.3 is 72.6 Å². The number of rotatable bonds is 4. The van der Waals surface area contributed by atoms with E-state index in [2.05, 4.69) is 0 Å². The van der Waals surface area contributed by atoms with Crippen LogP contribution in [-0.4, -0.2) is 38.7 Å². The van der Waals surface area contributed by atoms with Crippen LogP contribution in [0.3, 0.4) is 0 Å². The van der Waals surface area contributed by atoms with Crippen molar-refractivity contribution in [3.05, 3.63) is 0 Å². The van der Waals surface area contributed by atoms with E-state index in [-0.39, 0.29) is 0 Å². The molecule has 0 heterocycles. The Morgan fingerprint density at radius 2 is 0.769 bits per heavy atom. The van der Waals surface area contributed by atoms with Crippen LogP contribution in [0.5, 0.6) is 0 Å². The summed E-state index contributed by atoms with van der Waals surface area (Å²) in [5.74, 6) is 0. The van der Waals surface area contributed by atoms with E-state index in [1.807, 2.05) is 0 Å². The van der Waals surface area contributed by atoms with E-state index in [0.717, 1.165) is 0 Å². The summed E-state index contributed by atoms with van der Waals surface area (Å²) in [7, 11) is 0. The summed E-state index contributed by atoms with van der Waals surface area (Å²) in [6.45, 7) is 0. The number of hydrogen-bond donors (Lipinski definition) is 4. The van der Waals surface area contributed by atoms with Crippen molar-refractivity contribution in [3.8, 4) is 0 Å². The fourth-order valence-corrected chi connectivity index (χ4v) is 2.16. The summed E-state index contributed by atoms with van der Waals surface area (Å²) in [5, 5.41) is 33.1. The third-order valence-electron chi connectivity index (χ3n) is 0.855. The summed E-state index contributed by atoms with van der Waals surface area (Å²) in [6.07, 6.45) is 0. The molecule has 0 aromatic heterocycles. The average molecular weight is 283 g/mol. The van der Waals surface area contributed by atoms with Gasteiger partial charge in [-0.05, 0) is 0 Å². The monoisotopic (exact) mass is 283 g/mol. The maximum atomic E-state index is 10.3. The van der Waals surface area contributed by atoms with Gasteiger partial charge in [0.2, 0.25) is 0 Å². The number of hydrogen-bond acceptors (Lipinski definition) is 4. The van der Waals surface area contributed by atoms with Gasteiger partial charge in [-0.1, -0.05) is 0 Å². The molecule has 0 rings (SSSR count). The molecule has 0 fully saturated rings. The van der Waals surface area contributed by atoms with E-state index in [9.17, 15) is 19.2 Å². The molecule has 77 valence electrons. The van der Waals surface area contributed by atoms with Crippen molar-refractivity contribution >= 4 is 18.3 Å². The fraction of sp³-hybridized carbons (Fsp3) is 0. The Morgan fingerprint density at radius 3 is 0.769 bits per heavy atom. The summed E-state index contributed by atoms with van der Waals surface area (Å²) in [4.78, 5) is 41.1. The van der Waals surface area contributed by atoms with Crippen LogP contribution < -0.4 is 0 Å². The van der Waals surface area contributed by atoms with Gasteiger partial charge in [-0.2, -0.15) is 0 Å². The first-order valence-corrected chi connectivity index (χ1v) is 5.65. The Kier molecular flexibility index (Phi) is 3.08. The van der Waals surface area contributed by atoms with E-state index in [1.54, 1.807) is 0 Å². The quantitative estimate of drug-likeness (QED) is 0.554. The Hall–Kier alpha value is -1.50. The zero-order valence-corrected chi connectivity index (χ0v) is 7.39. The van der Waals surface area contributed by atoms with Gasteiger partial charge in [0.25, 0.3) is 0 Å².